The van der Waals surface area contributed by atoms with Crippen LogP contribution in [0.1, 0.15) is 28.8 Å². The van der Waals surface area contributed by atoms with Crippen LogP contribution in [0.5, 0.6) is 5.75 Å². The van der Waals surface area contributed by atoms with Gasteiger partial charge >= 0.3 is 18.0 Å². The Hall–Kier alpha value is -3.88. The summed E-state index contributed by atoms with van der Waals surface area (Å²) >= 11 is 0. The lowest BCUT2D eigenvalue weighted by Crippen LogP contribution is -2.30. The molecular formula is C19H16N2O7. The molecule has 1 fully saturated rings. The Balaban J connectivity index is 1.76. The molecule has 1 N–H and O–H groups in total. The highest BCUT2D eigenvalue weighted by Crippen LogP contribution is 2.20. The second kappa shape index (κ2) is 7.78. The molecular weight excluding hydrogens is 368 g/mol. The molecule has 0 atom stereocenters. The van der Waals surface area contributed by atoms with Crippen LogP contribution in [0, 0.1) is 0 Å². The summed E-state index contributed by atoms with van der Waals surface area (Å²) in [6, 6.07) is 8.77. The highest BCUT2D eigenvalue weighted by molar-refractivity contribution is 6.13. The van der Waals surface area contributed by atoms with Crippen molar-refractivity contribution < 1.29 is 33.1 Å². The number of urea groups is 1. The summed E-state index contributed by atoms with van der Waals surface area (Å²) in [5, 5.41) is 2.48. The Morgan fingerprint density at radius 3 is 2.71 bits per heavy atom. The van der Waals surface area contributed by atoms with Crippen molar-refractivity contribution >= 4 is 30.0 Å². The number of hydrogen-bond donors (Lipinski definition) is 1. The number of esters is 2. The number of carbonyl (C=O) groups excluding carboxylic acids is 4. The van der Waals surface area contributed by atoms with Gasteiger partial charge in [0, 0.05) is 6.92 Å². The topological polar surface area (TPSA) is 115 Å². The third kappa shape index (κ3) is 4.09. The minimum Gasteiger partial charge on any atom is -0.463 e. The van der Waals surface area contributed by atoms with Gasteiger partial charge in [-0.2, -0.15) is 0 Å². The summed E-state index contributed by atoms with van der Waals surface area (Å²) in [6.07, 6.45) is 1.47. The molecule has 9 heteroatoms. The quantitative estimate of drug-likeness (QED) is 0.363. The minimum absolute atomic E-state index is 0.0254. The number of benzene rings is 1. The van der Waals surface area contributed by atoms with Gasteiger partial charge in [-0.25, -0.2) is 9.59 Å². The minimum atomic E-state index is -0.656. The number of imide groups is 1. The molecule has 1 saturated heterocycles. The van der Waals surface area contributed by atoms with Gasteiger partial charge in [-0.05, 0) is 35.9 Å². The number of carbonyl (C=O) groups is 4. The fraction of sp³-hybridized carbons (Fsp3) is 0.158. The van der Waals surface area contributed by atoms with Crippen LogP contribution >= 0.6 is 0 Å². The number of nitrogens with one attached hydrogen (secondary N) is 1. The average Bonchev–Trinajstić information content (AvgIpc) is 3.22. The summed E-state index contributed by atoms with van der Waals surface area (Å²) in [7, 11) is 1.22. The van der Waals surface area contributed by atoms with Crippen LogP contribution in [-0.4, -0.2) is 35.9 Å². The molecule has 1 aliphatic heterocycles. The summed E-state index contributed by atoms with van der Waals surface area (Å²) in [4.78, 5) is 48.1. The normalized spacial score (nSPS) is 14.9. The SMILES string of the molecule is COC(=O)c1ccc(CN2C(=O)NC(=Cc3cccc(OC(C)=O)c3)C2=O)o1. The molecule has 0 aliphatic carbocycles. The second-order valence-electron chi connectivity index (χ2n) is 5.80. The number of methoxy groups -OCH3 is 1. The standard InChI is InChI=1S/C19H16N2O7/c1-11(22)27-13-5-3-4-12(8-13)9-15-17(23)21(19(25)20-15)10-14-6-7-16(28-14)18(24)26-2/h3-9H,10H2,1-2H3,(H,20,25). The lowest BCUT2D eigenvalue weighted by Gasteiger charge is -2.09. The maximum Gasteiger partial charge on any atom is 0.373 e. The van der Waals surface area contributed by atoms with E-state index in [4.69, 9.17) is 9.15 Å². The first-order valence-corrected chi connectivity index (χ1v) is 8.17. The van der Waals surface area contributed by atoms with Crippen LogP contribution < -0.4 is 10.1 Å². The van der Waals surface area contributed by atoms with Gasteiger partial charge in [0.15, 0.2) is 0 Å². The molecule has 3 rings (SSSR count). The van der Waals surface area contributed by atoms with Crippen LogP contribution in [0.4, 0.5) is 4.79 Å². The molecule has 2 heterocycles. The number of rotatable bonds is 5. The van der Waals surface area contributed by atoms with Gasteiger partial charge in [-0.1, -0.05) is 12.1 Å². The Morgan fingerprint density at radius 1 is 1.21 bits per heavy atom. The van der Waals surface area contributed by atoms with Gasteiger partial charge < -0.3 is 19.2 Å². The van der Waals surface area contributed by atoms with Crippen molar-refractivity contribution in [3.8, 4) is 5.75 Å². The van der Waals surface area contributed by atoms with Gasteiger partial charge in [-0.3, -0.25) is 14.5 Å². The van der Waals surface area contributed by atoms with Crippen molar-refractivity contribution in [2.24, 2.45) is 0 Å². The van der Waals surface area contributed by atoms with E-state index in [1.165, 1.54) is 32.2 Å². The molecule has 0 bridgehead atoms. The summed E-state index contributed by atoms with van der Waals surface area (Å²) in [5.41, 5.74) is 0.625. The molecule has 0 unspecified atom stereocenters. The predicted molar refractivity (Wildman–Crippen MR) is 94.9 cm³/mol. The maximum atomic E-state index is 12.5. The van der Waals surface area contributed by atoms with E-state index in [9.17, 15) is 19.2 Å². The Labute approximate surface area is 159 Å². The van der Waals surface area contributed by atoms with E-state index in [1.807, 2.05) is 0 Å². The van der Waals surface area contributed by atoms with Gasteiger partial charge in [0.05, 0.1) is 13.7 Å². The molecule has 1 aliphatic rings. The van der Waals surface area contributed by atoms with Crippen molar-refractivity contribution in [2.75, 3.05) is 7.11 Å². The van der Waals surface area contributed by atoms with Crippen LogP contribution in [0.25, 0.3) is 6.08 Å². The Kier molecular flexibility index (Phi) is 5.25. The van der Waals surface area contributed by atoms with Gasteiger partial charge in [0.1, 0.15) is 17.2 Å². The van der Waals surface area contributed by atoms with E-state index in [2.05, 4.69) is 10.1 Å². The van der Waals surface area contributed by atoms with Crippen LogP contribution in [-0.2, 0) is 20.9 Å². The monoisotopic (exact) mass is 384 g/mol. The largest absolute Gasteiger partial charge is 0.463 e. The van der Waals surface area contributed by atoms with Crippen molar-refractivity contribution in [3.63, 3.8) is 0 Å². The van der Waals surface area contributed by atoms with Crippen LogP contribution in [0.3, 0.4) is 0 Å². The number of ether oxygens (including phenoxy) is 2. The average molecular weight is 384 g/mol. The maximum absolute atomic E-state index is 12.5. The molecule has 2 aromatic rings. The molecule has 28 heavy (non-hydrogen) atoms. The lowest BCUT2D eigenvalue weighted by molar-refractivity contribution is -0.132. The van der Waals surface area contributed by atoms with E-state index >= 15 is 0 Å². The van der Waals surface area contributed by atoms with E-state index in [1.54, 1.807) is 24.3 Å². The fourth-order valence-electron chi connectivity index (χ4n) is 2.54. The van der Waals surface area contributed by atoms with Crippen molar-refractivity contribution in [1.82, 2.24) is 10.2 Å². The zero-order chi connectivity index (χ0) is 20.3. The van der Waals surface area contributed by atoms with Crippen molar-refractivity contribution in [1.29, 1.82) is 0 Å². The lowest BCUT2D eigenvalue weighted by atomic mass is 10.2. The van der Waals surface area contributed by atoms with Gasteiger partial charge in [0.25, 0.3) is 5.91 Å². The van der Waals surface area contributed by atoms with Gasteiger partial charge in [0.2, 0.25) is 5.76 Å². The van der Waals surface area contributed by atoms with E-state index in [0.29, 0.717) is 11.3 Å². The first-order chi connectivity index (χ1) is 13.4. The van der Waals surface area contributed by atoms with Crippen molar-refractivity contribution in [2.45, 2.75) is 13.5 Å². The molecule has 0 radical (unpaired) electrons. The highest BCUT2D eigenvalue weighted by atomic mass is 16.5. The molecule has 9 nitrogen and oxygen atoms in total. The third-order valence-electron chi connectivity index (χ3n) is 3.76. The molecule has 0 saturated carbocycles. The zero-order valence-electron chi connectivity index (χ0n) is 15.1. The molecule has 3 amide bonds. The van der Waals surface area contributed by atoms with E-state index in [-0.39, 0.29) is 23.8 Å². The Morgan fingerprint density at radius 2 is 2.00 bits per heavy atom. The molecule has 1 aromatic carbocycles. The molecule has 144 valence electrons. The Bertz CT molecular complexity index is 990. The highest BCUT2D eigenvalue weighted by Gasteiger charge is 2.34. The second-order valence-corrected chi connectivity index (χ2v) is 5.80. The number of furan rings is 1. The smallest absolute Gasteiger partial charge is 0.373 e. The molecule has 1 aromatic heterocycles. The predicted octanol–water partition coefficient (Wildman–Crippen LogP) is 2.08. The van der Waals surface area contributed by atoms with E-state index in [0.717, 1.165) is 4.90 Å². The first-order valence-electron chi connectivity index (χ1n) is 8.17. The number of hydrogen-bond acceptors (Lipinski definition) is 7. The summed E-state index contributed by atoms with van der Waals surface area (Å²) in [5.74, 6) is -1.13. The summed E-state index contributed by atoms with van der Waals surface area (Å²) < 4.78 is 14.8. The van der Waals surface area contributed by atoms with E-state index < -0.39 is 23.9 Å². The fourth-order valence-corrected chi connectivity index (χ4v) is 2.54. The summed E-state index contributed by atoms with van der Waals surface area (Å²) in [6.45, 7) is 1.14. The van der Waals surface area contributed by atoms with Crippen LogP contribution in [0.2, 0.25) is 0 Å². The zero-order valence-corrected chi connectivity index (χ0v) is 15.1. The number of nitrogens with zero attached hydrogens (tertiary/aromatic N) is 1. The van der Waals surface area contributed by atoms with Gasteiger partial charge in [-0.15, -0.1) is 0 Å². The third-order valence-corrected chi connectivity index (χ3v) is 3.76. The van der Waals surface area contributed by atoms with Crippen molar-refractivity contribution in [3.05, 3.63) is 59.2 Å². The first kappa shape index (κ1) is 18.9. The number of amides is 3. The molecule has 0 spiro atoms. The van der Waals surface area contributed by atoms with Crippen LogP contribution in [0.15, 0.2) is 46.5 Å².